The van der Waals surface area contributed by atoms with Crippen molar-refractivity contribution in [2.45, 2.75) is 26.9 Å². The van der Waals surface area contributed by atoms with E-state index in [-0.39, 0.29) is 11.8 Å². The van der Waals surface area contributed by atoms with Crippen molar-refractivity contribution in [2.75, 3.05) is 12.3 Å². The van der Waals surface area contributed by atoms with Crippen molar-refractivity contribution in [3.8, 4) is 0 Å². The molecule has 1 aliphatic rings. The van der Waals surface area contributed by atoms with Gasteiger partial charge in [-0.1, -0.05) is 13.8 Å². The first-order valence-corrected chi connectivity index (χ1v) is 5.19. The topological polar surface area (TPSA) is 64.2 Å². The zero-order chi connectivity index (χ0) is 11.0. The van der Waals surface area contributed by atoms with E-state index in [1.165, 1.54) is 0 Å². The number of carbonyl (C=O) groups is 1. The van der Waals surface area contributed by atoms with Crippen LogP contribution in [0.1, 0.15) is 19.5 Å². The van der Waals surface area contributed by atoms with E-state index in [2.05, 4.69) is 5.10 Å². The molecule has 0 saturated carbocycles. The van der Waals surface area contributed by atoms with Gasteiger partial charge in [-0.3, -0.25) is 9.48 Å². The number of aromatic nitrogens is 2. The Kier molecular flexibility index (Phi) is 2.38. The standard InChI is InChI=1S/C10H16N4O/c1-7(2)10(15)13-3-4-14-8(6-13)5-9(11)12-14/h5,7H,3-4,6H2,1-2H3,(H2,11,12). The first-order chi connectivity index (χ1) is 7.08. The van der Waals surface area contributed by atoms with Gasteiger partial charge >= 0.3 is 0 Å². The Balaban J connectivity index is 2.15. The summed E-state index contributed by atoms with van der Waals surface area (Å²) in [6.45, 7) is 5.93. The van der Waals surface area contributed by atoms with Crippen LogP contribution in [-0.4, -0.2) is 27.1 Å². The maximum Gasteiger partial charge on any atom is 0.225 e. The van der Waals surface area contributed by atoms with Gasteiger partial charge in [-0.15, -0.1) is 0 Å². The van der Waals surface area contributed by atoms with Crippen molar-refractivity contribution < 1.29 is 4.79 Å². The number of nitrogens with zero attached hydrogens (tertiary/aromatic N) is 3. The van der Waals surface area contributed by atoms with E-state index in [0.29, 0.717) is 12.4 Å². The molecule has 1 aromatic heterocycles. The van der Waals surface area contributed by atoms with Gasteiger partial charge in [0.25, 0.3) is 0 Å². The normalized spacial score (nSPS) is 15.5. The Morgan fingerprint density at radius 1 is 1.53 bits per heavy atom. The highest BCUT2D eigenvalue weighted by atomic mass is 16.2. The number of rotatable bonds is 1. The fourth-order valence-corrected chi connectivity index (χ4v) is 1.84. The highest BCUT2D eigenvalue weighted by Crippen LogP contribution is 2.16. The summed E-state index contributed by atoms with van der Waals surface area (Å²) in [6.07, 6.45) is 0. The van der Waals surface area contributed by atoms with Crippen LogP contribution in [0, 0.1) is 5.92 Å². The molecule has 0 bridgehead atoms. The second-order valence-electron chi connectivity index (χ2n) is 4.20. The summed E-state index contributed by atoms with van der Waals surface area (Å²) in [5.41, 5.74) is 6.63. The highest BCUT2D eigenvalue weighted by Gasteiger charge is 2.23. The molecule has 0 aromatic carbocycles. The van der Waals surface area contributed by atoms with Gasteiger partial charge in [0, 0.05) is 18.5 Å². The molecule has 2 rings (SSSR count). The highest BCUT2D eigenvalue weighted by molar-refractivity contribution is 5.78. The van der Waals surface area contributed by atoms with E-state index in [1.807, 2.05) is 29.5 Å². The summed E-state index contributed by atoms with van der Waals surface area (Å²) in [5.74, 6) is 0.779. The third-order valence-corrected chi connectivity index (χ3v) is 2.62. The van der Waals surface area contributed by atoms with E-state index < -0.39 is 0 Å². The smallest absolute Gasteiger partial charge is 0.225 e. The van der Waals surface area contributed by atoms with Crippen molar-refractivity contribution in [3.05, 3.63) is 11.8 Å². The Morgan fingerprint density at radius 2 is 2.27 bits per heavy atom. The fourth-order valence-electron chi connectivity index (χ4n) is 1.84. The number of nitrogens with two attached hydrogens (primary N) is 1. The molecular formula is C10H16N4O. The van der Waals surface area contributed by atoms with Gasteiger partial charge in [-0.25, -0.2) is 0 Å². The van der Waals surface area contributed by atoms with Crippen LogP contribution in [0.2, 0.25) is 0 Å². The number of amides is 1. The summed E-state index contributed by atoms with van der Waals surface area (Å²) in [6, 6.07) is 1.83. The largest absolute Gasteiger partial charge is 0.382 e. The fraction of sp³-hybridized carbons (Fsp3) is 0.600. The molecule has 1 aromatic rings. The molecule has 0 saturated heterocycles. The molecule has 0 atom stereocenters. The monoisotopic (exact) mass is 208 g/mol. The number of hydrogen-bond donors (Lipinski definition) is 1. The van der Waals surface area contributed by atoms with Crippen LogP contribution in [0.5, 0.6) is 0 Å². The summed E-state index contributed by atoms with van der Waals surface area (Å²) in [7, 11) is 0. The lowest BCUT2D eigenvalue weighted by atomic mass is 10.1. The molecule has 2 heterocycles. The summed E-state index contributed by atoms with van der Waals surface area (Å²) in [4.78, 5) is 13.6. The Hall–Kier alpha value is -1.52. The molecule has 0 spiro atoms. The van der Waals surface area contributed by atoms with E-state index in [9.17, 15) is 4.79 Å². The minimum absolute atomic E-state index is 0.0526. The maximum atomic E-state index is 11.8. The molecule has 0 fully saturated rings. The lowest BCUT2D eigenvalue weighted by molar-refractivity contribution is -0.136. The molecule has 2 N–H and O–H groups in total. The zero-order valence-electron chi connectivity index (χ0n) is 9.10. The van der Waals surface area contributed by atoms with Gasteiger partial charge in [0.2, 0.25) is 5.91 Å². The number of fused-ring (bicyclic) bond motifs is 1. The van der Waals surface area contributed by atoms with E-state index >= 15 is 0 Å². The Labute approximate surface area is 88.8 Å². The van der Waals surface area contributed by atoms with Gasteiger partial charge < -0.3 is 10.6 Å². The summed E-state index contributed by atoms with van der Waals surface area (Å²) in [5, 5.41) is 4.15. The summed E-state index contributed by atoms with van der Waals surface area (Å²) >= 11 is 0. The first kappa shape index (κ1) is 10.0. The quantitative estimate of drug-likeness (QED) is 0.729. The van der Waals surface area contributed by atoms with Crippen LogP contribution in [0.25, 0.3) is 0 Å². The predicted molar refractivity (Wildman–Crippen MR) is 56.9 cm³/mol. The van der Waals surface area contributed by atoms with Crippen molar-refractivity contribution >= 4 is 11.7 Å². The predicted octanol–water partition coefficient (Wildman–Crippen LogP) is 0.463. The third kappa shape index (κ3) is 1.82. The van der Waals surface area contributed by atoms with Crippen LogP contribution >= 0.6 is 0 Å². The molecule has 82 valence electrons. The van der Waals surface area contributed by atoms with E-state index in [0.717, 1.165) is 18.8 Å². The van der Waals surface area contributed by atoms with Gasteiger partial charge in [0.05, 0.1) is 18.8 Å². The van der Waals surface area contributed by atoms with Crippen LogP contribution in [-0.2, 0) is 17.9 Å². The molecule has 1 aliphatic heterocycles. The van der Waals surface area contributed by atoms with Crippen LogP contribution in [0.3, 0.4) is 0 Å². The van der Waals surface area contributed by atoms with E-state index in [1.54, 1.807) is 0 Å². The zero-order valence-corrected chi connectivity index (χ0v) is 9.10. The molecular weight excluding hydrogens is 192 g/mol. The second kappa shape index (κ2) is 3.56. The van der Waals surface area contributed by atoms with Gasteiger partial charge in [-0.05, 0) is 0 Å². The lowest BCUT2D eigenvalue weighted by Gasteiger charge is -2.28. The van der Waals surface area contributed by atoms with Gasteiger partial charge in [0.1, 0.15) is 5.82 Å². The Bertz CT molecular complexity index is 383. The SMILES string of the molecule is CC(C)C(=O)N1CCn2nc(N)cc2C1. The second-order valence-corrected chi connectivity index (χ2v) is 4.20. The van der Waals surface area contributed by atoms with Crippen molar-refractivity contribution in [1.82, 2.24) is 14.7 Å². The molecule has 15 heavy (non-hydrogen) atoms. The van der Waals surface area contributed by atoms with Crippen LogP contribution in [0.4, 0.5) is 5.82 Å². The molecule has 0 unspecified atom stereocenters. The maximum absolute atomic E-state index is 11.8. The number of anilines is 1. The molecule has 0 radical (unpaired) electrons. The number of nitrogen functional groups attached to an aromatic ring is 1. The minimum atomic E-state index is 0.0526. The average molecular weight is 208 g/mol. The van der Waals surface area contributed by atoms with Gasteiger partial charge in [0.15, 0.2) is 0 Å². The minimum Gasteiger partial charge on any atom is -0.382 e. The van der Waals surface area contributed by atoms with Crippen molar-refractivity contribution in [2.24, 2.45) is 5.92 Å². The summed E-state index contributed by atoms with van der Waals surface area (Å²) < 4.78 is 1.87. The Morgan fingerprint density at radius 3 is 2.93 bits per heavy atom. The molecule has 1 amide bonds. The third-order valence-electron chi connectivity index (χ3n) is 2.62. The van der Waals surface area contributed by atoms with Crippen LogP contribution in [0.15, 0.2) is 6.07 Å². The van der Waals surface area contributed by atoms with Crippen molar-refractivity contribution in [1.29, 1.82) is 0 Å². The van der Waals surface area contributed by atoms with E-state index in [4.69, 9.17) is 5.73 Å². The van der Waals surface area contributed by atoms with Crippen molar-refractivity contribution in [3.63, 3.8) is 0 Å². The lowest BCUT2D eigenvalue weighted by Crippen LogP contribution is -2.40. The number of carbonyl (C=O) groups excluding carboxylic acids is 1. The first-order valence-electron chi connectivity index (χ1n) is 5.19. The molecule has 5 nitrogen and oxygen atoms in total. The number of hydrogen-bond acceptors (Lipinski definition) is 3. The molecule has 5 heteroatoms. The average Bonchev–Trinajstić information content (AvgIpc) is 2.55. The van der Waals surface area contributed by atoms with Gasteiger partial charge in [-0.2, -0.15) is 5.10 Å². The van der Waals surface area contributed by atoms with Crippen LogP contribution < -0.4 is 5.73 Å². The molecule has 0 aliphatic carbocycles.